The molecular weight excluding hydrogens is 434 g/mol. The fourth-order valence-electron chi connectivity index (χ4n) is 3.96. The normalized spacial score (nSPS) is 18.6. The number of imide groups is 1. The smallest absolute Gasteiger partial charge is 0.278 e. The number of ether oxygens (including phenoxy) is 3. The predicted octanol–water partition coefficient (Wildman–Crippen LogP) is 2.59. The van der Waals surface area contributed by atoms with Crippen molar-refractivity contribution in [2.45, 2.75) is 0 Å². The van der Waals surface area contributed by atoms with Gasteiger partial charge in [-0.2, -0.15) is 0 Å². The van der Waals surface area contributed by atoms with Crippen molar-refractivity contribution >= 4 is 34.7 Å². The summed E-state index contributed by atoms with van der Waals surface area (Å²) in [4.78, 5) is 30.2. The number of carbonyl (C=O) groups is 2. The van der Waals surface area contributed by atoms with Gasteiger partial charge in [-0.25, -0.2) is 0 Å². The van der Waals surface area contributed by atoms with Crippen LogP contribution in [0.15, 0.2) is 48.2 Å². The van der Waals surface area contributed by atoms with Crippen LogP contribution in [0.3, 0.4) is 0 Å². The highest BCUT2D eigenvalue weighted by molar-refractivity contribution is 6.37. The Kier molecular flexibility index (Phi) is 5.73. The van der Waals surface area contributed by atoms with Crippen LogP contribution in [0.4, 0.5) is 5.69 Å². The summed E-state index contributed by atoms with van der Waals surface area (Å²) < 4.78 is 16.2. The minimum Gasteiger partial charge on any atom is -0.454 e. The van der Waals surface area contributed by atoms with Gasteiger partial charge in [0.15, 0.2) is 11.5 Å². The monoisotopic (exact) mass is 455 g/mol. The molecule has 8 nitrogen and oxygen atoms in total. The standard InChI is InChI=1S/C23H22ClN3O5/c24-16-3-1-15(2-4-16)20-21(25-17-5-6-18-19(13-17)32-14-31-18)23(29)27(22(20)28)8-7-26-9-11-30-12-10-26/h1-6,13,25H,7-12,14H2. The number of nitrogens with one attached hydrogen (secondary N) is 1. The second kappa shape index (κ2) is 8.82. The third-order valence-electron chi connectivity index (χ3n) is 5.69. The summed E-state index contributed by atoms with van der Waals surface area (Å²) in [5.74, 6) is 0.549. The lowest BCUT2D eigenvalue weighted by molar-refractivity contribution is -0.137. The Morgan fingerprint density at radius 1 is 0.906 bits per heavy atom. The van der Waals surface area contributed by atoms with Crippen molar-refractivity contribution in [1.82, 2.24) is 9.80 Å². The van der Waals surface area contributed by atoms with E-state index in [-0.39, 0.29) is 24.3 Å². The van der Waals surface area contributed by atoms with Crippen LogP contribution < -0.4 is 14.8 Å². The molecule has 9 heteroatoms. The minimum atomic E-state index is -0.356. The molecule has 3 aliphatic heterocycles. The van der Waals surface area contributed by atoms with Crippen LogP contribution in [0.1, 0.15) is 5.56 Å². The van der Waals surface area contributed by atoms with E-state index < -0.39 is 0 Å². The Morgan fingerprint density at radius 3 is 2.44 bits per heavy atom. The SMILES string of the molecule is O=C1C(Nc2ccc3c(c2)OCO3)=C(c2ccc(Cl)cc2)C(=O)N1CCN1CCOCC1. The van der Waals surface area contributed by atoms with Crippen LogP contribution in [0.2, 0.25) is 5.02 Å². The average Bonchev–Trinajstić information content (AvgIpc) is 3.36. The number of fused-ring (bicyclic) bond motifs is 1. The van der Waals surface area contributed by atoms with E-state index in [4.69, 9.17) is 25.8 Å². The maximum Gasteiger partial charge on any atom is 0.278 e. The van der Waals surface area contributed by atoms with E-state index in [9.17, 15) is 9.59 Å². The molecule has 0 spiro atoms. The Balaban J connectivity index is 1.43. The third kappa shape index (κ3) is 4.04. The van der Waals surface area contributed by atoms with E-state index in [1.54, 1.807) is 42.5 Å². The largest absolute Gasteiger partial charge is 0.454 e. The maximum atomic E-state index is 13.3. The van der Waals surface area contributed by atoms with E-state index >= 15 is 0 Å². The van der Waals surface area contributed by atoms with Gasteiger partial charge in [-0.3, -0.25) is 19.4 Å². The molecule has 0 bridgehead atoms. The third-order valence-corrected chi connectivity index (χ3v) is 5.94. The number of halogens is 1. The second-order valence-corrected chi connectivity index (χ2v) is 8.10. The van der Waals surface area contributed by atoms with Crippen molar-refractivity contribution in [3.8, 4) is 11.5 Å². The van der Waals surface area contributed by atoms with Gasteiger partial charge in [-0.05, 0) is 29.8 Å². The van der Waals surface area contributed by atoms with Crippen molar-refractivity contribution in [3.63, 3.8) is 0 Å². The highest BCUT2D eigenvalue weighted by atomic mass is 35.5. The number of carbonyl (C=O) groups excluding carboxylic acids is 2. The number of rotatable bonds is 6. The lowest BCUT2D eigenvalue weighted by atomic mass is 10.0. The van der Waals surface area contributed by atoms with Crippen molar-refractivity contribution < 1.29 is 23.8 Å². The minimum absolute atomic E-state index is 0.157. The molecule has 3 aliphatic rings. The lowest BCUT2D eigenvalue weighted by Gasteiger charge is -2.28. The number of benzene rings is 2. The molecule has 32 heavy (non-hydrogen) atoms. The molecule has 1 saturated heterocycles. The van der Waals surface area contributed by atoms with Crippen molar-refractivity contribution in [3.05, 3.63) is 58.7 Å². The van der Waals surface area contributed by atoms with Crippen LogP contribution >= 0.6 is 11.6 Å². The van der Waals surface area contributed by atoms with E-state index in [0.29, 0.717) is 59.6 Å². The van der Waals surface area contributed by atoms with E-state index in [2.05, 4.69) is 10.2 Å². The van der Waals surface area contributed by atoms with Gasteiger partial charge in [0, 0.05) is 43.0 Å². The van der Waals surface area contributed by atoms with Crippen molar-refractivity contribution in [2.75, 3.05) is 51.5 Å². The Bertz CT molecular complexity index is 1080. The van der Waals surface area contributed by atoms with Gasteiger partial charge >= 0.3 is 0 Å². The topological polar surface area (TPSA) is 80.3 Å². The molecular formula is C23H22ClN3O5. The van der Waals surface area contributed by atoms with Gasteiger partial charge in [-0.15, -0.1) is 0 Å². The lowest BCUT2D eigenvalue weighted by Crippen LogP contribution is -2.43. The zero-order chi connectivity index (χ0) is 22.1. The zero-order valence-corrected chi connectivity index (χ0v) is 18.1. The van der Waals surface area contributed by atoms with Crippen molar-refractivity contribution in [2.24, 2.45) is 0 Å². The molecule has 1 fully saturated rings. The molecule has 0 saturated carbocycles. The molecule has 2 aromatic rings. The first-order valence-corrected chi connectivity index (χ1v) is 10.8. The predicted molar refractivity (Wildman–Crippen MR) is 119 cm³/mol. The van der Waals surface area contributed by atoms with Crippen LogP contribution in [0, 0.1) is 0 Å². The summed E-state index contributed by atoms with van der Waals surface area (Å²) >= 11 is 6.03. The average molecular weight is 456 g/mol. The number of morpholine rings is 1. The van der Waals surface area contributed by atoms with E-state index in [0.717, 1.165) is 13.1 Å². The molecule has 0 radical (unpaired) electrons. The fourth-order valence-corrected chi connectivity index (χ4v) is 4.09. The number of nitrogens with zero attached hydrogens (tertiary/aromatic N) is 2. The molecule has 2 amide bonds. The van der Waals surface area contributed by atoms with Crippen LogP contribution in [0.25, 0.3) is 5.57 Å². The fraction of sp³-hybridized carbons (Fsp3) is 0.304. The first-order valence-electron chi connectivity index (χ1n) is 10.4. The van der Waals surface area contributed by atoms with Crippen LogP contribution in [0.5, 0.6) is 11.5 Å². The molecule has 0 aliphatic carbocycles. The molecule has 5 rings (SSSR count). The zero-order valence-electron chi connectivity index (χ0n) is 17.3. The summed E-state index contributed by atoms with van der Waals surface area (Å²) in [6.07, 6.45) is 0. The van der Waals surface area contributed by atoms with Crippen molar-refractivity contribution in [1.29, 1.82) is 0 Å². The maximum absolute atomic E-state index is 13.3. The van der Waals surface area contributed by atoms with Gasteiger partial charge in [-0.1, -0.05) is 23.7 Å². The highest BCUT2D eigenvalue weighted by Gasteiger charge is 2.39. The van der Waals surface area contributed by atoms with Gasteiger partial charge in [0.05, 0.1) is 18.8 Å². The molecule has 2 aromatic carbocycles. The summed E-state index contributed by atoms with van der Waals surface area (Å²) in [6.45, 7) is 3.96. The molecule has 0 unspecified atom stereocenters. The first-order chi connectivity index (χ1) is 15.6. The van der Waals surface area contributed by atoms with Gasteiger partial charge in [0.1, 0.15) is 5.70 Å². The van der Waals surface area contributed by atoms with Gasteiger partial charge < -0.3 is 19.5 Å². The Labute approximate surface area is 190 Å². The Morgan fingerprint density at radius 2 is 1.66 bits per heavy atom. The molecule has 0 atom stereocenters. The van der Waals surface area contributed by atoms with Gasteiger partial charge in [0.25, 0.3) is 11.8 Å². The van der Waals surface area contributed by atoms with Crippen LogP contribution in [-0.4, -0.2) is 67.8 Å². The van der Waals surface area contributed by atoms with E-state index in [1.165, 1.54) is 4.90 Å². The number of hydrogen-bond donors (Lipinski definition) is 1. The molecule has 0 aromatic heterocycles. The summed E-state index contributed by atoms with van der Waals surface area (Å²) in [7, 11) is 0. The summed E-state index contributed by atoms with van der Waals surface area (Å²) in [6, 6.07) is 12.2. The summed E-state index contributed by atoms with van der Waals surface area (Å²) in [5, 5.41) is 3.70. The molecule has 3 heterocycles. The molecule has 166 valence electrons. The number of hydrogen-bond acceptors (Lipinski definition) is 7. The highest BCUT2D eigenvalue weighted by Crippen LogP contribution is 2.36. The van der Waals surface area contributed by atoms with E-state index in [1.807, 2.05) is 0 Å². The number of amides is 2. The molecule has 1 N–H and O–H groups in total. The van der Waals surface area contributed by atoms with Crippen LogP contribution in [-0.2, 0) is 14.3 Å². The second-order valence-electron chi connectivity index (χ2n) is 7.67. The first kappa shape index (κ1) is 20.8. The summed E-state index contributed by atoms with van der Waals surface area (Å²) in [5.41, 5.74) is 1.82. The van der Waals surface area contributed by atoms with Gasteiger partial charge in [0.2, 0.25) is 6.79 Å². The Hall–Kier alpha value is -3.07. The quantitative estimate of drug-likeness (QED) is 0.670. The number of anilines is 1.